The average Bonchev–Trinajstić information content (AvgIpc) is 1.84. The first-order chi connectivity index (χ1) is 5.45. The third-order valence-corrected chi connectivity index (χ3v) is 1.48. The summed E-state index contributed by atoms with van der Waals surface area (Å²) in [5.41, 5.74) is 0. The maximum atomic E-state index is 10.5. The number of hydrogen-bond donors (Lipinski definition) is 1. The molecule has 68 valence electrons. The highest BCUT2D eigenvalue weighted by molar-refractivity contribution is 7.85. The lowest BCUT2D eigenvalue weighted by Gasteiger charge is -1.96. The number of carbonyl (C=O) groups is 1. The Labute approximate surface area is 70.5 Å². The summed E-state index contributed by atoms with van der Waals surface area (Å²) in [4.78, 5) is 10.5. The molecule has 0 aromatic rings. The van der Waals surface area contributed by atoms with Gasteiger partial charge in [0.15, 0.2) is 0 Å². The molecule has 0 atom stereocenters. The number of hydrogen-bond acceptors (Lipinski definition) is 4. The minimum absolute atomic E-state index is 0.383. The molecule has 0 spiro atoms. The standard InChI is InChI=1S/C6H8O5S/c1-2-3-6(7)11-4-5-12(8,9)10/h4-5H2,1H3,(H,8,9,10). The predicted molar refractivity (Wildman–Crippen MR) is 40.8 cm³/mol. The molecule has 0 aromatic heterocycles. The van der Waals surface area contributed by atoms with Crippen LogP contribution in [-0.2, 0) is 19.6 Å². The van der Waals surface area contributed by atoms with E-state index in [-0.39, 0.29) is 6.61 Å². The zero-order chi connectivity index (χ0) is 9.61. The normalized spacial score (nSPS) is 9.83. The highest BCUT2D eigenvalue weighted by Crippen LogP contribution is 1.83. The van der Waals surface area contributed by atoms with Crippen LogP contribution in [0.1, 0.15) is 6.92 Å². The number of esters is 1. The van der Waals surface area contributed by atoms with E-state index in [2.05, 4.69) is 10.7 Å². The Kier molecular flexibility index (Phi) is 4.33. The van der Waals surface area contributed by atoms with Crippen molar-refractivity contribution in [3.63, 3.8) is 0 Å². The van der Waals surface area contributed by atoms with Gasteiger partial charge >= 0.3 is 5.97 Å². The summed E-state index contributed by atoms with van der Waals surface area (Å²) in [6.07, 6.45) is 0. The molecular formula is C6H8O5S. The molecule has 0 heterocycles. The molecule has 6 heteroatoms. The second-order valence-electron chi connectivity index (χ2n) is 1.80. The lowest BCUT2D eigenvalue weighted by atomic mass is 10.6. The molecule has 1 N–H and O–H groups in total. The summed E-state index contributed by atoms with van der Waals surface area (Å²) in [6.45, 7) is 1.07. The van der Waals surface area contributed by atoms with Crippen molar-refractivity contribution in [3.05, 3.63) is 0 Å². The highest BCUT2D eigenvalue weighted by Gasteiger charge is 2.05. The van der Waals surface area contributed by atoms with Crippen LogP contribution < -0.4 is 0 Å². The molecule has 5 nitrogen and oxygen atoms in total. The second kappa shape index (κ2) is 4.74. The van der Waals surface area contributed by atoms with Crippen LogP contribution in [0.15, 0.2) is 0 Å². The maximum Gasteiger partial charge on any atom is 0.384 e. The Morgan fingerprint density at radius 3 is 2.58 bits per heavy atom. The van der Waals surface area contributed by atoms with Gasteiger partial charge in [-0.3, -0.25) is 4.55 Å². The van der Waals surface area contributed by atoms with Gasteiger partial charge in [0, 0.05) is 5.92 Å². The lowest BCUT2D eigenvalue weighted by Crippen LogP contribution is -2.13. The van der Waals surface area contributed by atoms with Crippen LogP contribution in [0.4, 0.5) is 0 Å². The smallest absolute Gasteiger partial charge is 0.384 e. The number of rotatable bonds is 3. The fraction of sp³-hybridized carbons (Fsp3) is 0.500. The largest absolute Gasteiger partial charge is 0.455 e. The van der Waals surface area contributed by atoms with Crippen molar-refractivity contribution in [2.24, 2.45) is 0 Å². The summed E-state index contributed by atoms with van der Waals surface area (Å²) in [7, 11) is -4.06. The van der Waals surface area contributed by atoms with Crippen molar-refractivity contribution < 1.29 is 22.5 Å². The van der Waals surface area contributed by atoms with Crippen molar-refractivity contribution in [2.75, 3.05) is 12.4 Å². The van der Waals surface area contributed by atoms with Gasteiger partial charge in [0.05, 0.1) is 0 Å². The van der Waals surface area contributed by atoms with Gasteiger partial charge in [-0.05, 0) is 6.92 Å². The Hall–Kier alpha value is -1.06. The van der Waals surface area contributed by atoms with Gasteiger partial charge in [0.2, 0.25) is 0 Å². The van der Waals surface area contributed by atoms with Crippen LogP contribution in [0.2, 0.25) is 0 Å². The van der Waals surface area contributed by atoms with E-state index in [1.807, 2.05) is 5.92 Å². The SMILES string of the molecule is CC#CC(=O)OCCS(=O)(=O)O. The molecule has 0 aliphatic heterocycles. The molecular weight excluding hydrogens is 184 g/mol. The molecule has 0 unspecified atom stereocenters. The molecule has 0 aliphatic carbocycles. The van der Waals surface area contributed by atoms with Crippen molar-refractivity contribution in [2.45, 2.75) is 6.92 Å². The summed E-state index contributed by atoms with van der Waals surface area (Å²) in [5.74, 6) is 2.91. The Balaban J connectivity index is 3.70. The monoisotopic (exact) mass is 192 g/mol. The molecule has 0 amide bonds. The van der Waals surface area contributed by atoms with E-state index in [0.717, 1.165) is 0 Å². The molecule has 0 saturated heterocycles. The first-order valence-electron chi connectivity index (χ1n) is 3.00. The molecule has 0 bridgehead atoms. The summed E-state index contributed by atoms with van der Waals surface area (Å²) < 4.78 is 32.7. The van der Waals surface area contributed by atoms with Crippen molar-refractivity contribution >= 4 is 16.1 Å². The molecule has 0 fully saturated rings. The van der Waals surface area contributed by atoms with E-state index in [1.54, 1.807) is 0 Å². The van der Waals surface area contributed by atoms with Gasteiger partial charge in [-0.2, -0.15) is 8.42 Å². The zero-order valence-electron chi connectivity index (χ0n) is 6.40. The zero-order valence-corrected chi connectivity index (χ0v) is 7.22. The summed E-state index contributed by atoms with van der Waals surface area (Å²) in [5, 5.41) is 0. The molecule has 12 heavy (non-hydrogen) atoms. The Bertz CT molecular complexity index is 305. The van der Waals surface area contributed by atoms with Crippen LogP contribution in [0.25, 0.3) is 0 Å². The van der Waals surface area contributed by atoms with E-state index in [1.165, 1.54) is 6.92 Å². The van der Waals surface area contributed by atoms with Gasteiger partial charge in [0.1, 0.15) is 12.4 Å². The first-order valence-corrected chi connectivity index (χ1v) is 4.61. The van der Waals surface area contributed by atoms with E-state index < -0.39 is 21.8 Å². The predicted octanol–water partition coefficient (Wildman–Crippen LogP) is -0.559. The second-order valence-corrected chi connectivity index (χ2v) is 3.37. The van der Waals surface area contributed by atoms with Gasteiger partial charge in [-0.1, -0.05) is 5.92 Å². The molecule has 0 radical (unpaired) electrons. The van der Waals surface area contributed by atoms with Crippen molar-refractivity contribution in [1.29, 1.82) is 0 Å². The van der Waals surface area contributed by atoms with Crippen LogP contribution >= 0.6 is 0 Å². The number of ether oxygens (including phenoxy) is 1. The fourth-order valence-electron chi connectivity index (χ4n) is 0.378. The molecule has 0 aliphatic rings. The summed E-state index contributed by atoms with van der Waals surface area (Å²) in [6, 6.07) is 0. The van der Waals surface area contributed by atoms with E-state index >= 15 is 0 Å². The topological polar surface area (TPSA) is 80.7 Å². The minimum atomic E-state index is -4.06. The van der Waals surface area contributed by atoms with E-state index in [9.17, 15) is 13.2 Å². The Morgan fingerprint density at radius 2 is 2.17 bits per heavy atom. The van der Waals surface area contributed by atoms with Gasteiger partial charge < -0.3 is 4.74 Å². The Morgan fingerprint density at radius 1 is 1.58 bits per heavy atom. The molecule has 0 saturated carbocycles. The number of carbonyl (C=O) groups excluding carboxylic acids is 1. The highest BCUT2D eigenvalue weighted by atomic mass is 32.2. The minimum Gasteiger partial charge on any atom is -0.455 e. The van der Waals surface area contributed by atoms with E-state index in [0.29, 0.717) is 0 Å². The van der Waals surface area contributed by atoms with Crippen LogP contribution in [0.3, 0.4) is 0 Å². The molecule has 0 rings (SSSR count). The van der Waals surface area contributed by atoms with E-state index in [4.69, 9.17) is 4.55 Å². The van der Waals surface area contributed by atoms with Crippen LogP contribution in [0.5, 0.6) is 0 Å². The van der Waals surface area contributed by atoms with Gasteiger partial charge in [-0.25, -0.2) is 4.79 Å². The van der Waals surface area contributed by atoms with Crippen LogP contribution in [0, 0.1) is 11.8 Å². The quantitative estimate of drug-likeness (QED) is 0.280. The van der Waals surface area contributed by atoms with Gasteiger partial charge in [-0.15, -0.1) is 0 Å². The third kappa shape index (κ3) is 7.05. The average molecular weight is 192 g/mol. The van der Waals surface area contributed by atoms with Crippen LogP contribution in [-0.4, -0.2) is 31.3 Å². The molecule has 0 aromatic carbocycles. The lowest BCUT2D eigenvalue weighted by molar-refractivity contribution is -0.136. The third-order valence-electron chi connectivity index (χ3n) is 0.802. The fourth-order valence-corrected chi connectivity index (χ4v) is 0.672. The first kappa shape index (κ1) is 10.9. The van der Waals surface area contributed by atoms with Crippen molar-refractivity contribution in [3.8, 4) is 11.8 Å². The maximum absolute atomic E-state index is 10.5. The van der Waals surface area contributed by atoms with Crippen molar-refractivity contribution in [1.82, 2.24) is 0 Å². The van der Waals surface area contributed by atoms with Gasteiger partial charge in [0.25, 0.3) is 10.1 Å². The summed E-state index contributed by atoms with van der Waals surface area (Å²) >= 11 is 0.